The fraction of sp³-hybridized carbons (Fsp3) is 0.273. The monoisotopic (exact) mass is 365 g/mol. The molecule has 2 aromatic rings. The van der Waals surface area contributed by atoms with Gasteiger partial charge in [0.2, 0.25) is 0 Å². The molecule has 27 heavy (non-hydrogen) atoms. The van der Waals surface area contributed by atoms with Gasteiger partial charge in [-0.2, -0.15) is 0 Å². The van der Waals surface area contributed by atoms with Crippen LogP contribution in [0.3, 0.4) is 0 Å². The van der Waals surface area contributed by atoms with Gasteiger partial charge in [-0.3, -0.25) is 4.90 Å². The topological polar surface area (TPSA) is 55.8 Å². The zero-order valence-corrected chi connectivity index (χ0v) is 15.4. The smallest absolute Gasteiger partial charge is 0.413 e. The van der Waals surface area contributed by atoms with E-state index in [1.165, 1.54) is 5.56 Å². The van der Waals surface area contributed by atoms with Crippen LogP contribution in [0.25, 0.3) is 5.57 Å². The summed E-state index contributed by atoms with van der Waals surface area (Å²) >= 11 is 0. The van der Waals surface area contributed by atoms with Crippen LogP contribution >= 0.6 is 0 Å². The Morgan fingerprint density at radius 2 is 1.93 bits per heavy atom. The minimum absolute atomic E-state index is 0.333. The summed E-state index contributed by atoms with van der Waals surface area (Å²) in [7, 11) is 0. The Hall–Kier alpha value is -3.08. The Kier molecular flexibility index (Phi) is 6.26. The number of allylic oxidation sites excluding steroid dienone is 1. The first kappa shape index (κ1) is 18.7. The predicted octanol–water partition coefficient (Wildman–Crippen LogP) is 4.29. The van der Waals surface area contributed by atoms with Crippen LogP contribution in [0.2, 0.25) is 0 Å². The van der Waals surface area contributed by atoms with Gasteiger partial charge in [0.1, 0.15) is 6.61 Å². The van der Waals surface area contributed by atoms with Crippen LogP contribution in [-0.2, 0) is 15.9 Å². The molecule has 1 aliphatic rings. The van der Waals surface area contributed by atoms with Gasteiger partial charge in [0, 0.05) is 6.20 Å². The number of carbonyl (C=O) groups excluding carboxylic acids is 2. The Bertz CT molecular complexity index is 829. The van der Waals surface area contributed by atoms with Gasteiger partial charge in [0.15, 0.2) is 0 Å². The second-order valence-electron chi connectivity index (χ2n) is 6.25. The summed E-state index contributed by atoms with van der Waals surface area (Å²) in [6.07, 6.45) is 3.07. The number of ether oxygens (including phenoxy) is 2. The van der Waals surface area contributed by atoms with E-state index >= 15 is 0 Å². The molecule has 0 radical (unpaired) electrons. The highest BCUT2D eigenvalue weighted by Crippen LogP contribution is 2.24. The van der Waals surface area contributed by atoms with Crippen molar-refractivity contribution in [1.82, 2.24) is 4.90 Å². The lowest BCUT2D eigenvalue weighted by Gasteiger charge is -2.14. The third kappa shape index (κ3) is 4.97. The van der Waals surface area contributed by atoms with E-state index in [1.54, 1.807) is 17.9 Å². The molecule has 1 fully saturated rings. The number of carbonyl (C=O) groups is 2. The zero-order chi connectivity index (χ0) is 19.1. The Morgan fingerprint density at radius 3 is 2.63 bits per heavy atom. The molecule has 1 saturated heterocycles. The van der Waals surface area contributed by atoms with Crippen molar-refractivity contribution in [2.45, 2.75) is 19.8 Å². The molecule has 5 heteroatoms. The van der Waals surface area contributed by atoms with E-state index in [9.17, 15) is 9.59 Å². The summed E-state index contributed by atoms with van der Waals surface area (Å²) in [5.41, 5.74) is 3.60. The molecular weight excluding hydrogens is 342 g/mol. The maximum Gasteiger partial charge on any atom is 0.413 e. The molecule has 1 heterocycles. The van der Waals surface area contributed by atoms with Crippen molar-refractivity contribution in [3.8, 4) is 0 Å². The number of hydrogen-bond acceptors (Lipinski definition) is 4. The van der Waals surface area contributed by atoms with Crippen LogP contribution in [0.5, 0.6) is 0 Å². The van der Waals surface area contributed by atoms with Gasteiger partial charge in [-0.25, -0.2) is 9.59 Å². The van der Waals surface area contributed by atoms with Gasteiger partial charge in [-0.05, 0) is 48.6 Å². The highest BCUT2D eigenvalue weighted by Gasteiger charge is 2.21. The molecule has 0 unspecified atom stereocenters. The molecule has 0 aromatic heterocycles. The fourth-order valence-corrected chi connectivity index (χ4v) is 2.98. The van der Waals surface area contributed by atoms with Gasteiger partial charge in [-0.1, -0.05) is 42.5 Å². The number of hydrogen-bond donors (Lipinski definition) is 0. The molecular formula is C22H23NO4. The molecule has 0 bridgehead atoms. The van der Waals surface area contributed by atoms with Gasteiger partial charge in [0.05, 0.1) is 18.7 Å². The highest BCUT2D eigenvalue weighted by molar-refractivity contribution is 5.90. The summed E-state index contributed by atoms with van der Waals surface area (Å²) in [4.78, 5) is 25.5. The maximum atomic E-state index is 12.1. The van der Waals surface area contributed by atoms with Crippen LogP contribution < -0.4 is 0 Å². The van der Waals surface area contributed by atoms with Crippen molar-refractivity contribution in [2.75, 3.05) is 19.8 Å². The van der Waals surface area contributed by atoms with Gasteiger partial charge in [-0.15, -0.1) is 0 Å². The van der Waals surface area contributed by atoms with Crippen molar-refractivity contribution in [2.24, 2.45) is 0 Å². The average molecular weight is 365 g/mol. The molecule has 0 N–H and O–H groups in total. The van der Waals surface area contributed by atoms with E-state index in [1.807, 2.05) is 42.6 Å². The van der Waals surface area contributed by atoms with Crippen LogP contribution in [0, 0.1) is 0 Å². The average Bonchev–Trinajstić information content (AvgIpc) is 3.10. The van der Waals surface area contributed by atoms with Gasteiger partial charge in [0.25, 0.3) is 0 Å². The van der Waals surface area contributed by atoms with Crippen molar-refractivity contribution < 1.29 is 19.1 Å². The third-order valence-corrected chi connectivity index (χ3v) is 4.37. The van der Waals surface area contributed by atoms with E-state index in [-0.39, 0.29) is 12.1 Å². The normalized spacial score (nSPS) is 14.2. The Labute approximate surface area is 159 Å². The lowest BCUT2D eigenvalue weighted by Crippen LogP contribution is -2.18. The third-order valence-electron chi connectivity index (χ3n) is 4.37. The molecule has 1 amide bonds. The first-order chi connectivity index (χ1) is 13.2. The maximum absolute atomic E-state index is 12.1. The molecule has 140 valence electrons. The quantitative estimate of drug-likeness (QED) is 0.687. The summed E-state index contributed by atoms with van der Waals surface area (Å²) in [5.74, 6) is -0.345. The van der Waals surface area contributed by atoms with Crippen molar-refractivity contribution in [3.05, 3.63) is 77.5 Å². The Balaban J connectivity index is 1.87. The molecule has 0 aliphatic carbocycles. The van der Waals surface area contributed by atoms with E-state index < -0.39 is 0 Å². The summed E-state index contributed by atoms with van der Waals surface area (Å²) in [5, 5.41) is 0. The van der Waals surface area contributed by atoms with Gasteiger partial charge < -0.3 is 9.47 Å². The first-order valence-corrected chi connectivity index (χ1v) is 9.13. The minimum atomic E-state index is -0.345. The molecule has 0 atom stereocenters. The summed E-state index contributed by atoms with van der Waals surface area (Å²) < 4.78 is 10.1. The number of nitrogens with zero attached hydrogens (tertiary/aromatic N) is 1. The molecule has 2 aromatic carbocycles. The van der Waals surface area contributed by atoms with Crippen molar-refractivity contribution >= 4 is 17.6 Å². The number of amides is 1. The van der Waals surface area contributed by atoms with E-state index in [0.29, 0.717) is 25.3 Å². The van der Waals surface area contributed by atoms with Crippen LogP contribution in [0.4, 0.5) is 4.79 Å². The molecule has 0 saturated carbocycles. The first-order valence-electron chi connectivity index (χ1n) is 9.13. The number of cyclic esters (lactones) is 1. The van der Waals surface area contributed by atoms with Crippen molar-refractivity contribution in [1.29, 1.82) is 0 Å². The van der Waals surface area contributed by atoms with Crippen LogP contribution in [0.1, 0.15) is 34.8 Å². The zero-order valence-electron chi connectivity index (χ0n) is 15.4. The van der Waals surface area contributed by atoms with Crippen LogP contribution in [0.15, 0.2) is 60.8 Å². The second-order valence-corrected chi connectivity index (χ2v) is 6.25. The highest BCUT2D eigenvalue weighted by atomic mass is 16.6. The van der Waals surface area contributed by atoms with E-state index in [0.717, 1.165) is 24.0 Å². The predicted molar refractivity (Wildman–Crippen MR) is 103 cm³/mol. The number of aryl methyl sites for hydroxylation is 1. The number of rotatable bonds is 7. The lowest BCUT2D eigenvalue weighted by atomic mass is 9.97. The summed E-state index contributed by atoms with van der Waals surface area (Å²) in [6.45, 7) is 3.04. The van der Waals surface area contributed by atoms with Crippen molar-refractivity contribution in [3.63, 3.8) is 0 Å². The minimum Gasteiger partial charge on any atom is -0.462 e. The lowest BCUT2D eigenvalue weighted by molar-refractivity contribution is 0.0526. The SMILES string of the molecule is CCOC(=O)c1cccc(/C(=C/N2CCOC2=O)CCc2ccccc2)c1. The van der Waals surface area contributed by atoms with Crippen LogP contribution in [-0.4, -0.2) is 36.7 Å². The number of esters is 1. The second kappa shape index (κ2) is 9.03. The Morgan fingerprint density at radius 1 is 1.15 bits per heavy atom. The van der Waals surface area contributed by atoms with Gasteiger partial charge >= 0.3 is 12.1 Å². The van der Waals surface area contributed by atoms with E-state index in [4.69, 9.17) is 9.47 Å². The summed E-state index contributed by atoms with van der Waals surface area (Å²) in [6, 6.07) is 17.5. The standard InChI is InChI=1S/C22H23NO4/c1-2-26-21(24)19-10-6-9-18(15-19)20(16-23-13-14-27-22(23)25)12-11-17-7-4-3-5-8-17/h3-10,15-16H,2,11-14H2,1H3/b20-16+. The fourth-order valence-electron chi connectivity index (χ4n) is 2.98. The molecule has 0 spiro atoms. The van der Waals surface area contributed by atoms with E-state index in [2.05, 4.69) is 12.1 Å². The molecule has 1 aliphatic heterocycles. The molecule has 5 nitrogen and oxygen atoms in total. The molecule has 3 rings (SSSR count). The number of benzene rings is 2. The largest absolute Gasteiger partial charge is 0.462 e.